The molecule has 0 amide bonds. The minimum atomic E-state index is 0.226. The molecule has 0 saturated carbocycles. The van der Waals surface area contributed by atoms with Crippen LogP contribution in [-0.4, -0.2) is 30.2 Å². The quantitative estimate of drug-likeness (QED) is 0.673. The molecule has 1 aliphatic rings. The minimum Gasteiger partial charge on any atom is -0.385 e. The van der Waals surface area contributed by atoms with Gasteiger partial charge in [-0.15, -0.1) is 0 Å². The Hall–Kier alpha value is -0.410. The van der Waals surface area contributed by atoms with E-state index in [9.17, 15) is 0 Å². The number of nitrogens with zero attached hydrogens (tertiary/aromatic N) is 1. The number of halogens is 1. The summed E-state index contributed by atoms with van der Waals surface area (Å²) in [6.45, 7) is 5.70. The highest BCUT2D eigenvalue weighted by atomic mass is 35.5. The predicted molar refractivity (Wildman–Crippen MR) is 49.7 cm³/mol. The van der Waals surface area contributed by atoms with Crippen LogP contribution in [0.15, 0.2) is 11.4 Å². The molecule has 1 heterocycles. The summed E-state index contributed by atoms with van der Waals surface area (Å²) in [5, 5.41) is 0. The molecule has 2 atom stereocenters. The number of ether oxygens (including phenoxy) is 1. The molecule has 1 saturated heterocycles. The van der Waals surface area contributed by atoms with Gasteiger partial charge < -0.3 is 15.4 Å². The van der Waals surface area contributed by atoms with Gasteiger partial charge in [-0.2, -0.15) is 0 Å². The molecule has 0 bridgehead atoms. The maximum absolute atomic E-state index is 5.67. The molecule has 3 nitrogen and oxygen atoms in total. The van der Waals surface area contributed by atoms with Crippen LogP contribution >= 0.6 is 11.6 Å². The topological polar surface area (TPSA) is 38.5 Å². The molecule has 2 N–H and O–H groups in total. The van der Waals surface area contributed by atoms with Gasteiger partial charge in [0.2, 0.25) is 0 Å². The first kappa shape index (κ1) is 9.68. The van der Waals surface area contributed by atoms with Crippen LogP contribution in [0.3, 0.4) is 0 Å². The first-order valence-electron chi connectivity index (χ1n) is 4.09. The van der Waals surface area contributed by atoms with E-state index >= 15 is 0 Å². The third-order valence-electron chi connectivity index (χ3n) is 1.90. The van der Waals surface area contributed by atoms with E-state index < -0.39 is 0 Å². The molecule has 0 aromatic carbocycles. The molecule has 0 aliphatic carbocycles. The number of hydrogen-bond donors (Lipinski definition) is 1. The van der Waals surface area contributed by atoms with E-state index in [1.807, 2.05) is 18.7 Å². The molecule has 0 aromatic heterocycles. The van der Waals surface area contributed by atoms with Crippen LogP contribution in [-0.2, 0) is 4.74 Å². The van der Waals surface area contributed by atoms with E-state index in [4.69, 9.17) is 22.1 Å². The van der Waals surface area contributed by atoms with E-state index in [-0.39, 0.29) is 12.2 Å². The summed E-state index contributed by atoms with van der Waals surface area (Å²) in [6.07, 6.45) is 0.452. The van der Waals surface area contributed by atoms with Gasteiger partial charge in [-0.1, -0.05) is 11.6 Å². The van der Waals surface area contributed by atoms with Crippen molar-refractivity contribution in [3.05, 3.63) is 11.4 Å². The largest absolute Gasteiger partial charge is 0.385 e. The Balaban J connectivity index is 2.55. The smallest absolute Gasteiger partial charge is 0.110 e. The van der Waals surface area contributed by atoms with E-state index in [2.05, 4.69) is 0 Å². The minimum absolute atomic E-state index is 0.226. The molecular formula is C8H15ClN2O. The van der Waals surface area contributed by atoms with Gasteiger partial charge in [-0.25, -0.2) is 0 Å². The lowest BCUT2D eigenvalue weighted by molar-refractivity contribution is -0.0581. The Kier molecular flexibility index (Phi) is 3.23. The van der Waals surface area contributed by atoms with Gasteiger partial charge in [0.25, 0.3) is 0 Å². The first-order chi connectivity index (χ1) is 5.63. The lowest BCUT2D eigenvalue weighted by Crippen LogP contribution is -2.46. The molecule has 0 unspecified atom stereocenters. The van der Waals surface area contributed by atoms with Crippen molar-refractivity contribution in [2.75, 3.05) is 13.1 Å². The first-order valence-corrected chi connectivity index (χ1v) is 4.53. The highest BCUT2D eigenvalue weighted by molar-refractivity contribution is 6.25. The Morgan fingerprint density at radius 2 is 2.00 bits per heavy atom. The molecule has 0 spiro atoms. The highest BCUT2D eigenvalue weighted by Gasteiger charge is 2.22. The fourth-order valence-electron chi connectivity index (χ4n) is 1.46. The summed E-state index contributed by atoms with van der Waals surface area (Å²) >= 11 is 5.51. The van der Waals surface area contributed by atoms with Gasteiger partial charge in [-0.05, 0) is 13.8 Å². The SMILES string of the molecule is C[C@@H]1CN(/C(N)=C\Cl)C[C@H](C)O1. The van der Waals surface area contributed by atoms with Crippen LogP contribution in [0.5, 0.6) is 0 Å². The molecule has 12 heavy (non-hydrogen) atoms. The number of morpholine rings is 1. The lowest BCUT2D eigenvalue weighted by atomic mass is 10.2. The second-order valence-electron chi connectivity index (χ2n) is 3.20. The summed E-state index contributed by atoms with van der Waals surface area (Å²) in [5.41, 5.74) is 7.08. The van der Waals surface area contributed by atoms with Crippen LogP contribution in [0, 0.1) is 0 Å². The highest BCUT2D eigenvalue weighted by Crippen LogP contribution is 2.13. The average molecular weight is 191 g/mol. The van der Waals surface area contributed by atoms with Crippen molar-refractivity contribution in [2.24, 2.45) is 5.73 Å². The van der Waals surface area contributed by atoms with Crippen LogP contribution < -0.4 is 5.73 Å². The van der Waals surface area contributed by atoms with Crippen LogP contribution in [0.4, 0.5) is 0 Å². The zero-order valence-electron chi connectivity index (χ0n) is 7.46. The third-order valence-corrected chi connectivity index (χ3v) is 2.12. The number of rotatable bonds is 1. The van der Waals surface area contributed by atoms with Gasteiger partial charge in [0, 0.05) is 18.6 Å². The monoisotopic (exact) mass is 190 g/mol. The van der Waals surface area contributed by atoms with E-state index in [0.29, 0.717) is 5.82 Å². The Morgan fingerprint density at radius 3 is 2.42 bits per heavy atom. The second-order valence-corrected chi connectivity index (χ2v) is 3.41. The predicted octanol–water partition coefficient (Wildman–Crippen LogP) is 1.09. The van der Waals surface area contributed by atoms with Gasteiger partial charge in [-0.3, -0.25) is 0 Å². The molecule has 1 aliphatic heterocycles. The van der Waals surface area contributed by atoms with Crippen LogP contribution in [0.25, 0.3) is 0 Å². The molecule has 70 valence electrons. The molecule has 1 fully saturated rings. The van der Waals surface area contributed by atoms with Crippen molar-refractivity contribution in [3.8, 4) is 0 Å². The van der Waals surface area contributed by atoms with Gasteiger partial charge >= 0.3 is 0 Å². The van der Waals surface area contributed by atoms with Crippen LogP contribution in [0.1, 0.15) is 13.8 Å². The van der Waals surface area contributed by atoms with Crippen molar-refractivity contribution in [1.29, 1.82) is 0 Å². The van der Waals surface area contributed by atoms with Crippen molar-refractivity contribution in [1.82, 2.24) is 4.90 Å². The van der Waals surface area contributed by atoms with E-state index in [1.54, 1.807) is 0 Å². The maximum atomic E-state index is 5.67. The standard InChI is InChI=1S/C8H15ClN2O/c1-6-4-11(8(10)3-9)5-7(2)12-6/h3,6-7H,4-5,10H2,1-2H3/b8-3-/t6-,7+. The summed E-state index contributed by atoms with van der Waals surface area (Å²) in [6, 6.07) is 0. The average Bonchev–Trinajstić information content (AvgIpc) is 2.01. The fourth-order valence-corrected chi connectivity index (χ4v) is 1.60. The van der Waals surface area contributed by atoms with Crippen molar-refractivity contribution >= 4 is 11.6 Å². The summed E-state index contributed by atoms with van der Waals surface area (Å²) in [5.74, 6) is 0.624. The molecule has 0 radical (unpaired) electrons. The van der Waals surface area contributed by atoms with Crippen molar-refractivity contribution < 1.29 is 4.74 Å². The number of hydrogen-bond acceptors (Lipinski definition) is 3. The molecule has 1 rings (SSSR count). The maximum Gasteiger partial charge on any atom is 0.110 e. The van der Waals surface area contributed by atoms with E-state index in [0.717, 1.165) is 13.1 Å². The number of nitrogens with two attached hydrogens (primary N) is 1. The van der Waals surface area contributed by atoms with Gasteiger partial charge in [0.15, 0.2) is 0 Å². The lowest BCUT2D eigenvalue weighted by Gasteiger charge is -2.36. The summed E-state index contributed by atoms with van der Waals surface area (Å²) in [4.78, 5) is 2.03. The van der Waals surface area contributed by atoms with Crippen LogP contribution in [0.2, 0.25) is 0 Å². The Bertz CT molecular complexity index is 174. The molecule has 0 aromatic rings. The summed E-state index contributed by atoms with van der Waals surface area (Å²) in [7, 11) is 0. The normalized spacial score (nSPS) is 32.2. The zero-order chi connectivity index (χ0) is 9.14. The van der Waals surface area contributed by atoms with Crippen molar-refractivity contribution in [3.63, 3.8) is 0 Å². The van der Waals surface area contributed by atoms with Crippen molar-refractivity contribution in [2.45, 2.75) is 26.1 Å². The second kappa shape index (κ2) is 4.01. The molecule has 4 heteroatoms. The zero-order valence-corrected chi connectivity index (χ0v) is 8.21. The van der Waals surface area contributed by atoms with Gasteiger partial charge in [0.1, 0.15) is 5.82 Å². The fraction of sp³-hybridized carbons (Fsp3) is 0.750. The van der Waals surface area contributed by atoms with E-state index in [1.165, 1.54) is 5.54 Å². The van der Waals surface area contributed by atoms with Gasteiger partial charge in [0.05, 0.1) is 12.2 Å². The Morgan fingerprint density at radius 1 is 1.50 bits per heavy atom. The summed E-state index contributed by atoms with van der Waals surface area (Å²) < 4.78 is 5.54. The third kappa shape index (κ3) is 2.29. The molecular weight excluding hydrogens is 176 g/mol. The Labute approximate surface area is 78.1 Å².